The summed E-state index contributed by atoms with van der Waals surface area (Å²) in [6.07, 6.45) is 1.84. The van der Waals surface area contributed by atoms with Gasteiger partial charge in [0.05, 0.1) is 18.2 Å². The zero-order valence-electron chi connectivity index (χ0n) is 18.6. The highest BCUT2D eigenvalue weighted by molar-refractivity contribution is 7.80. The summed E-state index contributed by atoms with van der Waals surface area (Å²) in [6, 6.07) is 26.0. The summed E-state index contributed by atoms with van der Waals surface area (Å²) < 4.78 is 0. The van der Waals surface area contributed by atoms with E-state index in [1.165, 1.54) is 4.90 Å². The van der Waals surface area contributed by atoms with Gasteiger partial charge in [-0.2, -0.15) is 0 Å². The molecule has 1 aliphatic heterocycles. The van der Waals surface area contributed by atoms with Crippen LogP contribution in [0.4, 0.5) is 11.4 Å². The minimum absolute atomic E-state index is 0.0117. The van der Waals surface area contributed by atoms with Crippen LogP contribution in [0.5, 0.6) is 0 Å². The van der Waals surface area contributed by atoms with E-state index < -0.39 is 6.04 Å². The van der Waals surface area contributed by atoms with Gasteiger partial charge >= 0.3 is 0 Å². The Kier molecular flexibility index (Phi) is 5.86. The number of aromatic nitrogens is 1. The third kappa shape index (κ3) is 4.06. The van der Waals surface area contributed by atoms with E-state index in [1.54, 1.807) is 0 Å². The first kappa shape index (κ1) is 21.9. The number of para-hydroxylation sites is 1. The summed E-state index contributed by atoms with van der Waals surface area (Å²) >= 11 is 5.80. The lowest BCUT2D eigenvalue weighted by molar-refractivity contribution is -0.124. The Hall–Kier alpha value is -3.97. The van der Waals surface area contributed by atoms with Gasteiger partial charge in [-0.3, -0.25) is 14.5 Å². The van der Waals surface area contributed by atoms with Gasteiger partial charge in [-0.15, -0.1) is 0 Å². The molecular weight excluding hydrogens is 444 g/mol. The Morgan fingerprint density at radius 1 is 1.03 bits per heavy atom. The van der Waals surface area contributed by atoms with E-state index in [0.29, 0.717) is 16.5 Å². The quantitative estimate of drug-likeness (QED) is 0.379. The molecule has 1 fully saturated rings. The second kappa shape index (κ2) is 9.11. The van der Waals surface area contributed by atoms with Crippen LogP contribution >= 0.6 is 12.2 Å². The number of fused-ring (bicyclic) bond motifs is 1. The predicted octanol–water partition coefficient (Wildman–Crippen LogP) is 5.26. The van der Waals surface area contributed by atoms with E-state index in [1.807, 2.05) is 103 Å². The number of nitrogens with zero attached hydrogens (tertiary/aromatic N) is 2. The van der Waals surface area contributed by atoms with Gasteiger partial charge in [0.25, 0.3) is 5.91 Å². The van der Waals surface area contributed by atoms with E-state index in [9.17, 15) is 9.59 Å². The molecule has 1 aliphatic rings. The monoisotopic (exact) mass is 468 g/mol. The largest absolute Gasteiger partial charge is 0.361 e. The normalized spacial score (nSPS) is 16.8. The van der Waals surface area contributed by atoms with Crippen LogP contribution in [0, 0.1) is 0 Å². The topological polar surface area (TPSA) is 68.4 Å². The zero-order valence-corrected chi connectivity index (χ0v) is 19.5. The van der Waals surface area contributed by atoms with Crippen LogP contribution in [0.25, 0.3) is 10.9 Å². The van der Waals surface area contributed by atoms with Crippen LogP contribution in [0.3, 0.4) is 0 Å². The minimum Gasteiger partial charge on any atom is -0.361 e. The summed E-state index contributed by atoms with van der Waals surface area (Å²) in [5.41, 5.74) is 3.33. The van der Waals surface area contributed by atoms with E-state index in [-0.39, 0.29) is 24.3 Å². The molecule has 34 heavy (non-hydrogen) atoms. The maximum atomic E-state index is 13.6. The first-order valence-electron chi connectivity index (χ1n) is 11.2. The van der Waals surface area contributed by atoms with Gasteiger partial charge in [0, 0.05) is 17.4 Å². The molecular formula is C27H24N4O2S. The number of hydrogen-bond acceptors (Lipinski definition) is 3. The van der Waals surface area contributed by atoms with E-state index >= 15 is 0 Å². The SMILES string of the molecule is CC(c1ccccc1)N1C(=S)N(c2ccccc2)C(=O)C1CC(=O)Nc1ccc2cc[nH]c2c1. The summed E-state index contributed by atoms with van der Waals surface area (Å²) in [5.74, 6) is -0.443. The van der Waals surface area contributed by atoms with Crippen LogP contribution < -0.4 is 10.2 Å². The number of hydrogen-bond donors (Lipinski definition) is 2. The molecule has 2 heterocycles. The molecule has 0 saturated carbocycles. The number of rotatable bonds is 6. The van der Waals surface area contributed by atoms with Crippen molar-refractivity contribution in [2.45, 2.75) is 25.4 Å². The molecule has 0 bridgehead atoms. The molecule has 2 N–H and O–H groups in total. The predicted molar refractivity (Wildman–Crippen MR) is 139 cm³/mol. The number of thiocarbonyl (C=S) groups is 1. The van der Waals surface area contributed by atoms with Crippen LogP contribution in [0.1, 0.15) is 24.9 Å². The average Bonchev–Trinajstić information content (AvgIpc) is 3.41. The molecule has 170 valence electrons. The minimum atomic E-state index is -0.711. The number of benzene rings is 3. The third-order valence-electron chi connectivity index (χ3n) is 6.18. The van der Waals surface area contributed by atoms with Crippen molar-refractivity contribution in [2.24, 2.45) is 0 Å². The van der Waals surface area contributed by atoms with E-state index in [2.05, 4.69) is 10.3 Å². The van der Waals surface area contributed by atoms with Crippen molar-refractivity contribution in [3.8, 4) is 0 Å². The molecule has 1 saturated heterocycles. The number of H-pyrrole nitrogens is 1. The molecule has 6 nitrogen and oxygen atoms in total. The molecule has 1 aromatic heterocycles. The fraction of sp³-hybridized carbons (Fsp3) is 0.148. The van der Waals surface area contributed by atoms with Gasteiger partial charge in [-0.25, -0.2) is 0 Å². The number of amides is 2. The lowest BCUT2D eigenvalue weighted by Crippen LogP contribution is -2.39. The number of aromatic amines is 1. The van der Waals surface area contributed by atoms with Gasteiger partial charge in [0.15, 0.2) is 5.11 Å². The van der Waals surface area contributed by atoms with Gasteiger partial charge in [0.1, 0.15) is 6.04 Å². The molecule has 0 aliphatic carbocycles. The number of nitrogens with one attached hydrogen (secondary N) is 2. The average molecular weight is 469 g/mol. The summed E-state index contributed by atoms with van der Waals surface area (Å²) in [5, 5.41) is 4.41. The molecule has 0 spiro atoms. The van der Waals surface area contributed by atoms with Crippen LogP contribution in [-0.2, 0) is 9.59 Å². The summed E-state index contributed by atoms with van der Waals surface area (Å²) in [7, 11) is 0. The standard InChI is InChI=1S/C27H24N4O2S/c1-18(19-8-4-2-5-9-19)30-24(26(33)31(27(30)34)22-10-6-3-7-11-22)17-25(32)29-21-13-12-20-14-15-28-23(20)16-21/h2-16,18,24,28H,17H2,1H3,(H,29,32). The van der Waals surface area contributed by atoms with Crippen molar-refractivity contribution >= 4 is 51.4 Å². The molecule has 2 atom stereocenters. The van der Waals surface area contributed by atoms with Gasteiger partial charge in [0.2, 0.25) is 5.91 Å². The molecule has 2 unspecified atom stereocenters. The first-order chi connectivity index (χ1) is 16.5. The maximum absolute atomic E-state index is 13.6. The molecule has 0 radical (unpaired) electrons. The second-order valence-electron chi connectivity index (χ2n) is 8.33. The molecule has 7 heteroatoms. The Bertz CT molecular complexity index is 1350. The number of anilines is 2. The smallest absolute Gasteiger partial charge is 0.256 e. The van der Waals surface area contributed by atoms with E-state index in [0.717, 1.165) is 16.5 Å². The molecule has 4 aromatic rings. The van der Waals surface area contributed by atoms with Crippen LogP contribution in [0.15, 0.2) is 91.1 Å². The van der Waals surface area contributed by atoms with Gasteiger partial charge < -0.3 is 15.2 Å². The zero-order chi connectivity index (χ0) is 23.7. The highest BCUT2D eigenvalue weighted by atomic mass is 32.1. The van der Waals surface area contributed by atoms with Crippen LogP contribution in [0.2, 0.25) is 0 Å². The summed E-state index contributed by atoms with van der Waals surface area (Å²) in [4.78, 5) is 33.3. The third-order valence-corrected chi connectivity index (χ3v) is 6.58. The fourth-order valence-corrected chi connectivity index (χ4v) is 4.93. The van der Waals surface area contributed by atoms with Crippen molar-refractivity contribution in [2.75, 3.05) is 10.2 Å². The Morgan fingerprint density at radius 2 is 1.74 bits per heavy atom. The number of carbonyl (C=O) groups excluding carboxylic acids is 2. The van der Waals surface area contributed by atoms with Crippen molar-refractivity contribution in [1.29, 1.82) is 0 Å². The van der Waals surface area contributed by atoms with Crippen molar-refractivity contribution in [3.05, 3.63) is 96.7 Å². The Labute approximate surface area is 203 Å². The van der Waals surface area contributed by atoms with Crippen molar-refractivity contribution in [3.63, 3.8) is 0 Å². The highest BCUT2D eigenvalue weighted by Gasteiger charge is 2.46. The highest BCUT2D eigenvalue weighted by Crippen LogP contribution is 2.34. The lowest BCUT2D eigenvalue weighted by Gasteiger charge is -2.30. The molecule has 2 amide bonds. The van der Waals surface area contributed by atoms with Crippen molar-refractivity contribution in [1.82, 2.24) is 9.88 Å². The van der Waals surface area contributed by atoms with E-state index in [4.69, 9.17) is 12.2 Å². The molecule has 5 rings (SSSR count). The van der Waals surface area contributed by atoms with Crippen LogP contribution in [-0.4, -0.2) is 32.9 Å². The second-order valence-corrected chi connectivity index (χ2v) is 8.70. The Morgan fingerprint density at radius 3 is 2.47 bits per heavy atom. The first-order valence-corrected chi connectivity index (χ1v) is 11.6. The van der Waals surface area contributed by atoms with Gasteiger partial charge in [-0.1, -0.05) is 54.6 Å². The lowest BCUT2D eigenvalue weighted by atomic mass is 10.0. The van der Waals surface area contributed by atoms with Crippen molar-refractivity contribution < 1.29 is 9.59 Å². The Balaban J connectivity index is 1.43. The molecule has 3 aromatic carbocycles. The fourth-order valence-electron chi connectivity index (χ4n) is 4.45. The van der Waals surface area contributed by atoms with Gasteiger partial charge in [-0.05, 0) is 60.4 Å². The summed E-state index contributed by atoms with van der Waals surface area (Å²) in [6.45, 7) is 2.01. The number of carbonyl (C=O) groups is 2. The maximum Gasteiger partial charge on any atom is 0.256 e.